The molecule has 3 unspecified atom stereocenters. The molecule has 1 aromatic rings. The van der Waals surface area contributed by atoms with E-state index >= 15 is 0 Å². The molecule has 1 fully saturated rings. The summed E-state index contributed by atoms with van der Waals surface area (Å²) < 4.78 is 6.50. The molecule has 0 amide bonds. The maximum atomic E-state index is 11.8. The van der Waals surface area contributed by atoms with Crippen molar-refractivity contribution in [3.05, 3.63) is 47.0 Å². The number of halogens is 1. The number of carbonyl (C=O) groups excluding carboxylic acids is 1. The SMILES string of the molecule is C[SiH](C)OC(c1ccc(Cl)cc1)C(C=CC1CCCC(=O)C1)C(C)(C)C. The molecule has 0 N–H and O–H groups in total. The van der Waals surface area contributed by atoms with Gasteiger partial charge in [0, 0.05) is 23.8 Å². The molecule has 0 saturated heterocycles. The fourth-order valence-corrected chi connectivity index (χ4v) is 4.70. The van der Waals surface area contributed by atoms with Crippen LogP contribution < -0.4 is 0 Å². The van der Waals surface area contributed by atoms with E-state index in [2.05, 4.69) is 58.2 Å². The van der Waals surface area contributed by atoms with E-state index in [-0.39, 0.29) is 17.4 Å². The molecule has 0 radical (unpaired) electrons. The van der Waals surface area contributed by atoms with Crippen LogP contribution >= 0.6 is 11.6 Å². The molecular formula is C22H33ClO2Si. The number of allylic oxidation sites excluding steroid dienone is 1. The molecule has 1 aromatic carbocycles. The summed E-state index contributed by atoms with van der Waals surface area (Å²) in [6, 6.07) is 8.05. The third kappa shape index (κ3) is 6.36. The molecule has 3 atom stereocenters. The normalized spacial score (nSPS) is 21.3. The van der Waals surface area contributed by atoms with E-state index in [1.165, 1.54) is 5.56 Å². The van der Waals surface area contributed by atoms with Crippen molar-refractivity contribution in [2.75, 3.05) is 0 Å². The van der Waals surface area contributed by atoms with Crippen LogP contribution in [0.5, 0.6) is 0 Å². The van der Waals surface area contributed by atoms with Gasteiger partial charge in [0.2, 0.25) is 0 Å². The first-order valence-corrected chi connectivity index (χ1v) is 12.9. The molecule has 1 aliphatic rings. The van der Waals surface area contributed by atoms with E-state index in [0.29, 0.717) is 18.1 Å². The van der Waals surface area contributed by atoms with Crippen LogP contribution in [0.2, 0.25) is 18.1 Å². The van der Waals surface area contributed by atoms with E-state index in [0.717, 1.165) is 24.3 Å². The highest BCUT2D eigenvalue weighted by atomic mass is 35.5. The zero-order valence-electron chi connectivity index (χ0n) is 16.8. The second-order valence-corrected chi connectivity index (χ2v) is 11.6. The van der Waals surface area contributed by atoms with Crippen molar-refractivity contribution in [3.8, 4) is 0 Å². The molecule has 0 aliphatic heterocycles. The second-order valence-electron chi connectivity index (χ2n) is 8.83. The van der Waals surface area contributed by atoms with Gasteiger partial charge in [0.05, 0.1) is 6.10 Å². The minimum absolute atomic E-state index is 0.0227. The molecule has 144 valence electrons. The zero-order valence-corrected chi connectivity index (χ0v) is 18.7. The molecule has 0 bridgehead atoms. The van der Waals surface area contributed by atoms with E-state index in [4.69, 9.17) is 16.0 Å². The smallest absolute Gasteiger partial charge is 0.171 e. The van der Waals surface area contributed by atoms with E-state index in [9.17, 15) is 4.79 Å². The van der Waals surface area contributed by atoms with Gasteiger partial charge in [-0.1, -0.05) is 56.7 Å². The largest absolute Gasteiger partial charge is 0.413 e. The lowest BCUT2D eigenvalue weighted by atomic mass is 9.74. The molecule has 1 saturated carbocycles. The molecular weight excluding hydrogens is 360 g/mol. The Morgan fingerprint density at radius 3 is 2.42 bits per heavy atom. The summed E-state index contributed by atoms with van der Waals surface area (Å²) in [5.74, 6) is 1.03. The van der Waals surface area contributed by atoms with Gasteiger partial charge in [0.25, 0.3) is 0 Å². The average Bonchev–Trinajstić information content (AvgIpc) is 2.53. The Labute approximate surface area is 165 Å². The topological polar surface area (TPSA) is 26.3 Å². The summed E-state index contributed by atoms with van der Waals surface area (Å²) in [6.45, 7) is 11.2. The van der Waals surface area contributed by atoms with Gasteiger partial charge in [-0.25, -0.2) is 0 Å². The van der Waals surface area contributed by atoms with Gasteiger partial charge in [-0.05, 0) is 55.0 Å². The van der Waals surface area contributed by atoms with Crippen LogP contribution in [0.15, 0.2) is 36.4 Å². The minimum Gasteiger partial charge on any atom is -0.413 e. The van der Waals surface area contributed by atoms with Crippen molar-refractivity contribution in [1.82, 2.24) is 0 Å². The highest BCUT2D eigenvalue weighted by molar-refractivity contribution is 6.48. The van der Waals surface area contributed by atoms with Crippen molar-refractivity contribution >= 4 is 26.4 Å². The third-order valence-electron chi connectivity index (χ3n) is 5.05. The Morgan fingerprint density at radius 2 is 1.88 bits per heavy atom. The van der Waals surface area contributed by atoms with Crippen molar-refractivity contribution in [2.24, 2.45) is 17.3 Å². The number of ketones is 1. The van der Waals surface area contributed by atoms with Crippen molar-refractivity contribution < 1.29 is 9.22 Å². The highest BCUT2D eigenvalue weighted by Crippen LogP contribution is 2.41. The lowest BCUT2D eigenvalue weighted by Crippen LogP contribution is -2.30. The van der Waals surface area contributed by atoms with Gasteiger partial charge in [0.1, 0.15) is 5.78 Å². The van der Waals surface area contributed by atoms with Gasteiger partial charge < -0.3 is 4.43 Å². The quantitative estimate of drug-likeness (QED) is 0.416. The average molecular weight is 393 g/mol. The van der Waals surface area contributed by atoms with Gasteiger partial charge in [-0.3, -0.25) is 4.79 Å². The Kier molecular flexibility index (Phi) is 7.69. The van der Waals surface area contributed by atoms with Crippen LogP contribution in [0.3, 0.4) is 0 Å². The predicted octanol–water partition coefficient (Wildman–Crippen LogP) is 6.36. The minimum atomic E-state index is -1.23. The lowest BCUT2D eigenvalue weighted by molar-refractivity contribution is -0.121. The highest BCUT2D eigenvalue weighted by Gasteiger charge is 2.33. The fraction of sp³-hybridized carbons (Fsp3) is 0.591. The third-order valence-corrected chi connectivity index (χ3v) is 6.14. The number of hydrogen-bond acceptors (Lipinski definition) is 2. The van der Waals surface area contributed by atoms with Gasteiger partial charge in [-0.15, -0.1) is 0 Å². The van der Waals surface area contributed by atoms with Crippen molar-refractivity contribution in [2.45, 2.75) is 65.7 Å². The molecule has 0 aromatic heterocycles. The summed E-state index contributed by atoms with van der Waals surface area (Å²) >= 11 is 6.09. The summed E-state index contributed by atoms with van der Waals surface area (Å²) in [5, 5.41) is 0.748. The second kappa shape index (κ2) is 9.34. The lowest BCUT2D eigenvalue weighted by Gasteiger charge is -2.37. The predicted molar refractivity (Wildman–Crippen MR) is 113 cm³/mol. The Hall–Kier alpha value is -0.903. The van der Waals surface area contributed by atoms with Gasteiger partial charge in [-0.2, -0.15) is 0 Å². The maximum absolute atomic E-state index is 11.8. The molecule has 4 heteroatoms. The Bertz CT molecular complexity index is 616. The monoisotopic (exact) mass is 392 g/mol. The zero-order chi connectivity index (χ0) is 19.3. The number of carbonyl (C=O) groups is 1. The molecule has 0 heterocycles. The van der Waals surface area contributed by atoms with E-state index < -0.39 is 9.04 Å². The Balaban J connectivity index is 2.30. The first-order chi connectivity index (χ1) is 12.2. The van der Waals surface area contributed by atoms with Crippen LogP contribution in [-0.4, -0.2) is 14.8 Å². The van der Waals surface area contributed by atoms with E-state index in [1.807, 2.05) is 12.1 Å². The fourth-order valence-electron chi connectivity index (χ4n) is 3.66. The number of hydrogen-bond donors (Lipinski definition) is 0. The summed E-state index contributed by atoms with van der Waals surface area (Å²) in [4.78, 5) is 11.8. The van der Waals surface area contributed by atoms with Crippen molar-refractivity contribution in [3.63, 3.8) is 0 Å². The van der Waals surface area contributed by atoms with Crippen LogP contribution in [-0.2, 0) is 9.22 Å². The molecule has 1 aliphatic carbocycles. The summed E-state index contributed by atoms with van der Waals surface area (Å²) in [5.41, 5.74) is 1.24. The number of benzene rings is 1. The van der Waals surface area contributed by atoms with Gasteiger partial charge in [0.15, 0.2) is 9.04 Å². The van der Waals surface area contributed by atoms with Crippen LogP contribution in [0.4, 0.5) is 0 Å². The molecule has 2 rings (SSSR count). The first-order valence-electron chi connectivity index (χ1n) is 9.77. The number of rotatable bonds is 6. The molecule has 26 heavy (non-hydrogen) atoms. The molecule has 2 nitrogen and oxygen atoms in total. The van der Waals surface area contributed by atoms with Crippen LogP contribution in [0.1, 0.15) is 58.1 Å². The standard InChI is InChI=1S/C22H33ClO2Si/c1-22(2,3)20(14-9-16-7-6-8-19(24)15-16)21(25-26(4)5)17-10-12-18(23)13-11-17/h9-14,16,20-21,26H,6-8,15H2,1-5H3. The summed E-state index contributed by atoms with van der Waals surface area (Å²) in [6.07, 6.45) is 8.20. The van der Waals surface area contributed by atoms with Crippen LogP contribution in [0.25, 0.3) is 0 Å². The summed E-state index contributed by atoms with van der Waals surface area (Å²) in [7, 11) is -1.23. The van der Waals surface area contributed by atoms with Gasteiger partial charge >= 0.3 is 0 Å². The van der Waals surface area contributed by atoms with E-state index in [1.54, 1.807) is 0 Å². The first kappa shape index (κ1) is 21.4. The maximum Gasteiger partial charge on any atom is 0.171 e. The van der Waals surface area contributed by atoms with Crippen LogP contribution in [0, 0.1) is 17.3 Å². The van der Waals surface area contributed by atoms with Crippen molar-refractivity contribution in [1.29, 1.82) is 0 Å². The Morgan fingerprint density at radius 1 is 1.23 bits per heavy atom. The number of Topliss-reactive ketones (excluding diaryl/α,β-unsaturated/α-hetero) is 1. The molecule has 0 spiro atoms.